The lowest BCUT2D eigenvalue weighted by atomic mass is 10.8. The number of ether oxygens (including phenoxy) is 1. The van der Waals surface area contributed by atoms with E-state index in [0.29, 0.717) is 0 Å². The van der Waals surface area contributed by atoms with E-state index < -0.39 is 22.2 Å². The molecule has 6 heteroatoms. The van der Waals surface area contributed by atoms with Crippen molar-refractivity contribution in [2.24, 2.45) is 0 Å². The Labute approximate surface area is 58.7 Å². The van der Waals surface area contributed by atoms with Crippen LogP contribution in [-0.4, -0.2) is 31.7 Å². The average Bonchev–Trinajstić information content (AvgIpc) is 1.80. The Morgan fingerprint density at radius 2 is 2.20 bits per heavy atom. The van der Waals surface area contributed by atoms with Gasteiger partial charge in [0.25, 0.3) is 10.1 Å². The van der Waals surface area contributed by atoms with Crippen molar-refractivity contribution in [2.45, 2.75) is 12.4 Å². The van der Waals surface area contributed by atoms with Crippen molar-refractivity contribution in [3.8, 4) is 0 Å². The molecule has 0 spiro atoms. The molecule has 0 heterocycles. The first kappa shape index (κ1) is 9.80. The van der Waals surface area contributed by atoms with Gasteiger partial charge in [0.15, 0.2) is 5.44 Å². The molecule has 0 aliphatic carbocycles. The van der Waals surface area contributed by atoms with Gasteiger partial charge in [-0.1, -0.05) is 0 Å². The Morgan fingerprint density at radius 3 is 2.50 bits per heavy atom. The van der Waals surface area contributed by atoms with Gasteiger partial charge >= 0.3 is 0 Å². The fraction of sp³-hybridized carbons (Fsp3) is 1.00. The van der Waals surface area contributed by atoms with Crippen LogP contribution < -0.4 is 0 Å². The number of halogens is 1. The SMILES string of the molecule is CC(OCCF)S(=O)(=O)O. The van der Waals surface area contributed by atoms with Crippen molar-refractivity contribution in [3.63, 3.8) is 0 Å². The van der Waals surface area contributed by atoms with Gasteiger partial charge in [0.2, 0.25) is 0 Å². The van der Waals surface area contributed by atoms with Gasteiger partial charge < -0.3 is 4.74 Å². The zero-order valence-corrected chi connectivity index (χ0v) is 6.27. The molecule has 0 fully saturated rings. The summed E-state index contributed by atoms with van der Waals surface area (Å²) in [6.07, 6.45) is 0. The van der Waals surface area contributed by atoms with Gasteiger partial charge in [-0.25, -0.2) is 4.39 Å². The number of hydrogen-bond donors (Lipinski definition) is 1. The number of alkyl halides is 1. The summed E-state index contributed by atoms with van der Waals surface area (Å²) >= 11 is 0. The van der Waals surface area contributed by atoms with Gasteiger partial charge in [-0.2, -0.15) is 8.42 Å². The summed E-state index contributed by atoms with van der Waals surface area (Å²) in [4.78, 5) is 0. The van der Waals surface area contributed by atoms with E-state index in [4.69, 9.17) is 4.55 Å². The zero-order chi connectivity index (χ0) is 8.20. The lowest BCUT2D eigenvalue weighted by molar-refractivity contribution is 0.0974. The molecule has 0 aromatic rings. The van der Waals surface area contributed by atoms with Gasteiger partial charge in [-0.05, 0) is 6.92 Å². The maximum Gasteiger partial charge on any atom is 0.291 e. The van der Waals surface area contributed by atoms with Crippen LogP contribution in [0.5, 0.6) is 0 Å². The molecular formula is C4H9FO4S. The lowest BCUT2D eigenvalue weighted by Gasteiger charge is -2.06. The molecule has 0 saturated carbocycles. The molecule has 62 valence electrons. The van der Waals surface area contributed by atoms with E-state index in [-0.39, 0.29) is 6.61 Å². The minimum Gasteiger partial charge on any atom is -0.357 e. The van der Waals surface area contributed by atoms with Crippen LogP contribution in [-0.2, 0) is 14.9 Å². The van der Waals surface area contributed by atoms with Crippen LogP contribution in [0.25, 0.3) is 0 Å². The maximum atomic E-state index is 11.3. The summed E-state index contributed by atoms with van der Waals surface area (Å²) in [6, 6.07) is 0. The Kier molecular flexibility index (Phi) is 3.77. The third-order valence-corrected chi connectivity index (χ3v) is 1.82. The maximum absolute atomic E-state index is 11.3. The van der Waals surface area contributed by atoms with Gasteiger partial charge in [-0.15, -0.1) is 0 Å². The summed E-state index contributed by atoms with van der Waals surface area (Å²) < 4.78 is 44.2. The first-order valence-corrected chi connectivity index (χ1v) is 4.12. The Morgan fingerprint density at radius 1 is 1.70 bits per heavy atom. The molecule has 0 aliphatic heterocycles. The minimum atomic E-state index is -4.16. The second-order valence-electron chi connectivity index (χ2n) is 1.64. The Bertz CT molecular complexity index is 176. The predicted octanol–water partition coefficient (Wildman–Crippen LogP) is 0.206. The smallest absolute Gasteiger partial charge is 0.291 e. The van der Waals surface area contributed by atoms with Crippen LogP contribution in [0.15, 0.2) is 0 Å². The molecule has 0 radical (unpaired) electrons. The van der Waals surface area contributed by atoms with Crippen LogP contribution in [0.4, 0.5) is 4.39 Å². The van der Waals surface area contributed by atoms with Crippen molar-refractivity contribution in [1.82, 2.24) is 0 Å². The van der Waals surface area contributed by atoms with Crippen LogP contribution in [0.1, 0.15) is 6.92 Å². The van der Waals surface area contributed by atoms with Crippen molar-refractivity contribution in [2.75, 3.05) is 13.3 Å². The third-order valence-electron chi connectivity index (χ3n) is 0.849. The molecule has 0 aromatic carbocycles. The highest BCUT2D eigenvalue weighted by molar-refractivity contribution is 7.86. The largest absolute Gasteiger partial charge is 0.357 e. The molecule has 10 heavy (non-hydrogen) atoms. The molecular weight excluding hydrogens is 163 g/mol. The number of rotatable bonds is 4. The molecule has 1 unspecified atom stereocenters. The van der Waals surface area contributed by atoms with Crippen LogP contribution in [0.2, 0.25) is 0 Å². The molecule has 1 atom stereocenters. The zero-order valence-electron chi connectivity index (χ0n) is 5.45. The predicted molar refractivity (Wildman–Crippen MR) is 32.9 cm³/mol. The van der Waals surface area contributed by atoms with Crippen LogP contribution >= 0.6 is 0 Å². The van der Waals surface area contributed by atoms with Crippen molar-refractivity contribution in [3.05, 3.63) is 0 Å². The summed E-state index contributed by atoms with van der Waals surface area (Å²) in [5.41, 5.74) is -1.34. The van der Waals surface area contributed by atoms with Crippen molar-refractivity contribution >= 4 is 10.1 Å². The van der Waals surface area contributed by atoms with E-state index in [9.17, 15) is 12.8 Å². The van der Waals surface area contributed by atoms with E-state index in [2.05, 4.69) is 4.74 Å². The third kappa shape index (κ3) is 3.76. The fourth-order valence-electron chi connectivity index (χ4n) is 0.296. The Hall–Kier alpha value is -0.200. The lowest BCUT2D eigenvalue weighted by Crippen LogP contribution is -2.21. The molecule has 0 bridgehead atoms. The van der Waals surface area contributed by atoms with Crippen LogP contribution in [0, 0.1) is 0 Å². The highest BCUT2D eigenvalue weighted by Gasteiger charge is 2.16. The topological polar surface area (TPSA) is 63.6 Å². The van der Waals surface area contributed by atoms with Crippen molar-refractivity contribution in [1.29, 1.82) is 0 Å². The van der Waals surface area contributed by atoms with Crippen molar-refractivity contribution < 1.29 is 22.1 Å². The average molecular weight is 172 g/mol. The van der Waals surface area contributed by atoms with E-state index >= 15 is 0 Å². The standard InChI is InChI=1S/C4H9FO4S/c1-4(9-3-2-5)10(6,7)8/h4H,2-3H2,1H3,(H,6,7,8). The molecule has 0 amide bonds. The summed E-state index contributed by atoms with van der Waals surface area (Å²) in [6.45, 7) is 0.0474. The number of hydrogen-bond acceptors (Lipinski definition) is 3. The van der Waals surface area contributed by atoms with Gasteiger partial charge in [0.05, 0.1) is 6.61 Å². The van der Waals surface area contributed by atoms with Gasteiger partial charge in [0, 0.05) is 0 Å². The molecule has 4 nitrogen and oxygen atoms in total. The van der Waals surface area contributed by atoms with Crippen LogP contribution in [0.3, 0.4) is 0 Å². The highest BCUT2D eigenvalue weighted by Crippen LogP contribution is 1.98. The molecule has 0 rings (SSSR count). The molecule has 0 aliphatic rings. The van der Waals surface area contributed by atoms with Gasteiger partial charge in [-0.3, -0.25) is 4.55 Å². The molecule has 1 N–H and O–H groups in total. The second kappa shape index (κ2) is 3.85. The monoisotopic (exact) mass is 172 g/mol. The second-order valence-corrected chi connectivity index (χ2v) is 3.34. The van der Waals surface area contributed by atoms with E-state index in [1.807, 2.05) is 0 Å². The van der Waals surface area contributed by atoms with E-state index in [1.165, 1.54) is 0 Å². The quantitative estimate of drug-likeness (QED) is 0.615. The Balaban J connectivity index is 3.75. The van der Waals surface area contributed by atoms with E-state index in [0.717, 1.165) is 6.92 Å². The fourth-order valence-corrected chi connectivity index (χ4v) is 0.565. The highest BCUT2D eigenvalue weighted by atomic mass is 32.2. The summed E-state index contributed by atoms with van der Waals surface area (Å²) in [5, 5.41) is 0. The molecule has 0 saturated heterocycles. The normalized spacial score (nSPS) is 15.1. The summed E-state index contributed by atoms with van der Waals surface area (Å²) in [5.74, 6) is 0. The first-order valence-electron chi connectivity index (χ1n) is 2.62. The first-order chi connectivity index (χ1) is 4.48. The molecule has 0 aromatic heterocycles. The van der Waals surface area contributed by atoms with E-state index in [1.54, 1.807) is 0 Å². The summed E-state index contributed by atoms with van der Waals surface area (Å²) in [7, 11) is -4.16. The van der Waals surface area contributed by atoms with Gasteiger partial charge in [0.1, 0.15) is 6.67 Å². The minimum absolute atomic E-state index is 0.318.